The van der Waals surface area contributed by atoms with Gasteiger partial charge in [0.2, 0.25) is 0 Å². The van der Waals surface area contributed by atoms with Crippen LogP contribution in [0.4, 0.5) is 0 Å². The Labute approximate surface area is 140 Å². The SMILES string of the molecule is O=C(/C=C(\Sc1ccccc1)c1ccccc1)c1ccccc1. The summed E-state index contributed by atoms with van der Waals surface area (Å²) in [6, 6.07) is 29.5. The van der Waals surface area contributed by atoms with Crippen LogP contribution >= 0.6 is 11.8 Å². The van der Waals surface area contributed by atoms with Crippen LogP contribution in [0.3, 0.4) is 0 Å². The third kappa shape index (κ3) is 4.21. The lowest BCUT2D eigenvalue weighted by atomic mass is 10.1. The Morgan fingerprint density at radius 2 is 1.13 bits per heavy atom. The van der Waals surface area contributed by atoms with Crippen LogP contribution in [0.25, 0.3) is 4.91 Å². The summed E-state index contributed by atoms with van der Waals surface area (Å²) in [6.07, 6.45) is 1.72. The van der Waals surface area contributed by atoms with Crippen molar-refractivity contribution in [2.24, 2.45) is 0 Å². The fourth-order valence-corrected chi connectivity index (χ4v) is 3.16. The number of carbonyl (C=O) groups is 1. The van der Waals surface area contributed by atoms with E-state index >= 15 is 0 Å². The van der Waals surface area contributed by atoms with Crippen molar-refractivity contribution < 1.29 is 4.79 Å². The van der Waals surface area contributed by atoms with Gasteiger partial charge in [0.1, 0.15) is 0 Å². The molecule has 0 amide bonds. The first-order valence-corrected chi connectivity index (χ1v) is 8.24. The lowest BCUT2D eigenvalue weighted by Gasteiger charge is -2.08. The van der Waals surface area contributed by atoms with Crippen LogP contribution < -0.4 is 0 Å². The van der Waals surface area contributed by atoms with Gasteiger partial charge in [0.15, 0.2) is 5.78 Å². The summed E-state index contributed by atoms with van der Waals surface area (Å²) in [6.45, 7) is 0. The molecule has 0 saturated heterocycles. The van der Waals surface area contributed by atoms with Crippen molar-refractivity contribution in [3.8, 4) is 0 Å². The molecule has 0 heterocycles. The van der Waals surface area contributed by atoms with Crippen LogP contribution in [0.5, 0.6) is 0 Å². The number of ketones is 1. The number of hydrogen-bond donors (Lipinski definition) is 0. The molecule has 112 valence electrons. The molecule has 3 rings (SSSR count). The largest absolute Gasteiger partial charge is 0.289 e. The van der Waals surface area contributed by atoms with E-state index in [1.165, 1.54) is 0 Å². The zero-order chi connectivity index (χ0) is 15.9. The average molecular weight is 316 g/mol. The third-order valence-electron chi connectivity index (χ3n) is 3.35. The van der Waals surface area contributed by atoms with E-state index in [-0.39, 0.29) is 5.78 Å². The molecule has 0 unspecified atom stereocenters. The molecule has 0 bridgehead atoms. The number of carbonyl (C=O) groups excluding carboxylic acids is 1. The van der Waals surface area contributed by atoms with Crippen molar-refractivity contribution in [2.75, 3.05) is 0 Å². The highest BCUT2D eigenvalue weighted by Gasteiger charge is 2.08. The number of allylic oxidation sites excluding steroid dienone is 1. The fraction of sp³-hybridized carbons (Fsp3) is 0. The van der Waals surface area contributed by atoms with E-state index in [9.17, 15) is 4.79 Å². The third-order valence-corrected chi connectivity index (χ3v) is 4.43. The van der Waals surface area contributed by atoms with Crippen molar-refractivity contribution in [1.82, 2.24) is 0 Å². The normalized spacial score (nSPS) is 11.2. The van der Waals surface area contributed by atoms with Gasteiger partial charge in [-0.25, -0.2) is 0 Å². The van der Waals surface area contributed by atoms with E-state index in [2.05, 4.69) is 12.1 Å². The average Bonchev–Trinajstić information content (AvgIpc) is 2.63. The number of hydrogen-bond acceptors (Lipinski definition) is 2. The van der Waals surface area contributed by atoms with Crippen molar-refractivity contribution >= 4 is 22.5 Å². The first kappa shape index (κ1) is 15.3. The smallest absolute Gasteiger partial charge is 0.186 e. The van der Waals surface area contributed by atoms with Crippen molar-refractivity contribution in [3.63, 3.8) is 0 Å². The second-order valence-electron chi connectivity index (χ2n) is 5.02. The lowest BCUT2D eigenvalue weighted by molar-refractivity contribution is 0.104. The second-order valence-corrected chi connectivity index (χ2v) is 6.14. The van der Waals surface area contributed by atoms with Crippen LogP contribution in [-0.2, 0) is 0 Å². The minimum Gasteiger partial charge on any atom is -0.289 e. The Hall–Kier alpha value is -2.58. The molecule has 0 saturated carbocycles. The Morgan fingerprint density at radius 3 is 1.70 bits per heavy atom. The number of benzene rings is 3. The highest BCUT2D eigenvalue weighted by Crippen LogP contribution is 2.34. The zero-order valence-electron chi connectivity index (χ0n) is 12.6. The maximum absolute atomic E-state index is 12.5. The van der Waals surface area contributed by atoms with Gasteiger partial charge < -0.3 is 0 Å². The highest BCUT2D eigenvalue weighted by atomic mass is 32.2. The molecule has 0 aliphatic rings. The number of rotatable bonds is 5. The van der Waals surface area contributed by atoms with Crippen LogP contribution in [0.15, 0.2) is 102 Å². The van der Waals surface area contributed by atoms with E-state index in [1.807, 2.05) is 78.9 Å². The summed E-state index contributed by atoms with van der Waals surface area (Å²) >= 11 is 1.61. The molecular weight excluding hydrogens is 300 g/mol. The molecule has 0 aliphatic carbocycles. The molecule has 0 radical (unpaired) electrons. The second kappa shape index (κ2) is 7.61. The van der Waals surface area contributed by atoms with Crippen molar-refractivity contribution in [1.29, 1.82) is 0 Å². The predicted octanol–water partition coefficient (Wildman–Crippen LogP) is 5.70. The molecule has 0 fully saturated rings. The Balaban J connectivity index is 1.95. The van der Waals surface area contributed by atoms with Gasteiger partial charge in [0, 0.05) is 21.4 Å². The molecule has 3 aromatic rings. The zero-order valence-corrected chi connectivity index (χ0v) is 13.4. The topological polar surface area (TPSA) is 17.1 Å². The van der Waals surface area contributed by atoms with Crippen LogP contribution in [0.1, 0.15) is 15.9 Å². The van der Waals surface area contributed by atoms with E-state index in [0.29, 0.717) is 5.56 Å². The van der Waals surface area contributed by atoms with Crippen LogP contribution in [-0.4, -0.2) is 5.78 Å². The standard InChI is InChI=1S/C21H16OS/c22-20(17-10-4-1-5-11-17)16-21(18-12-6-2-7-13-18)23-19-14-8-3-9-15-19/h1-16H/b21-16-. The highest BCUT2D eigenvalue weighted by molar-refractivity contribution is 8.08. The van der Waals surface area contributed by atoms with Crippen LogP contribution in [0, 0.1) is 0 Å². The fourth-order valence-electron chi connectivity index (χ4n) is 2.19. The summed E-state index contributed by atoms with van der Waals surface area (Å²) in [4.78, 5) is 14.6. The summed E-state index contributed by atoms with van der Waals surface area (Å²) in [7, 11) is 0. The minimum absolute atomic E-state index is 0.0212. The molecule has 0 atom stereocenters. The summed E-state index contributed by atoms with van der Waals surface area (Å²) in [5.41, 5.74) is 1.75. The molecule has 2 heteroatoms. The Kier molecular flexibility index (Phi) is 5.07. The monoisotopic (exact) mass is 316 g/mol. The first-order valence-electron chi connectivity index (χ1n) is 7.42. The molecule has 23 heavy (non-hydrogen) atoms. The van der Waals surface area contributed by atoms with Gasteiger partial charge in [-0.15, -0.1) is 0 Å². The van der Waals surface area contributed by atoms with Gasteiger partial charge in [-0.1, -0.05) is 90.6 Å². The van der Waals surface area contributed by atoms with Gasteiger partial charge in [-0.05, 0) is 17.7 Å². The molecule has 3 aromatic carbocycles. The Morgan fingerprint density at radius 1 is 0.652 bits per heavy atom. The minimum atomic E-state index is 0.0212. The maximum atomic E-state index is 12.5. The Bertz CT molecular complexity index is 793. The first-order chi connectivity index (χ1) is 11.3. The van der Waals surface area contributed by atoms with E-state index < -0.39 is 0 Å². The van der Waals surface area contributed by atoms with Gasteiger partial charge in [-0.2, -0.15) is 0 Å². The quantitative estimate of drug-likeness (QED) is 0.341. The molecule has 0 aliphatic heterocycles. The predicted molar refractivity (Wildman–Crippen MR) is 97.5 cm³/mol. The lowest BCUT2D eigenvalue weighted by Crippen LogP contribution is -1.95. The van der Waals surface area contributed by atoms with Gasteiger partial charge in [-0.3, -0.25) is 4.79 Å². The van der Waals surface area contributed by atoms with E-state index in [1.54, 1.807) is 17.8 Å². The maximum Gasteiger partial charge on any atom is 0.186 e. The van der Waals surface area contributed by atoms with E-state index in [0.717, 1.165) is 15.4 Å². The number of thioether (sulfide) groups is 1. The molecule has 1 nitrogen and oxygen atoms in total. The molecule has 0 N–H and O–H groups in total. The summed E-state index contributed by atoms with van der Waals surface area (Å²) in [5, 5.41) is 0. The van der Waals surface area contributed by atoms with E-state index in [4.69, 9.17) is 0 Å². The summed E-state index contributed by atoms with van der Waals surface area (Å²) < 4.78 is 0. The van der Waals surface area contributed by atoms with Crippen molar-refractivity contribution in [2.45, 2.75) is 4.90 Å². The van der Waals surface area contributed by atoms with Gasteiger partial charge in [0.05, 0.1) is 0 Å². The van der Waals surface area contributed by atoms with Gasteiger partial charge >= 0.3 is 0 Å². The summed E-state index contributed by atoms with van der Waals surface area (Å²) in [5.74, 6) is 0.0212. The molecule has 0 spiro atoms. The van der Waals surface area contributed by atoms with Crippen molar-refractivity contribution in [3.05, 3.63) is 108 Å². The van der Waals surface area contributed by atoms with Crippen LogP contribution in [0.2, 0.25) is 0 Å². The van der Waals surface area contributed by atoms with Gasteiger partial charge in [0.25, 0.3) is 0 Å². The molecule has 0 aromatic heterocycles. The molecular formula is C21H16OS.